The maximum absolute atomic E-state index is 11.9. The standard InChI is InChI=1S/C17H30N2O6/c1-17(2,3)10-6-5-7-13(10)24-9-12(19)16(22)25-15(21)11(18)8-14(20)23-4/h10-13H,5-9,18-19H2,1-4H3/t10?,11-,12-,13?/m0/s1. The van der Waals surface area contributed by atoms with Crippen molar-refractivity contribution in [3.8, 4) is 0 Å². The summed E-state index contributed by atoms with van der Waals surface area (Å²) in [6.45, 7) is 6.45. The lowest BCUT2D eigenvalue weighted by molar-refractivity contribution is -0.164. The van der Waals surface area contributed by atoms with Crippen LogP contribution in [0.2, 0.25) is 0 Å². The Hall–Kier alpha value is -1.51. The number of hydrogen-bond acceptors (Lipinski definition) is 8. The van der Waals surface area contributed by atoms with Crippen molar-refractivity contribution in [3.05, 3.63) is 0 Å². The number of ether oxygens (including phenoxy) is 3. The monoisotopic (exact) mass is 358 g/mol. The van der Waals surface area contributed by atoms with Crippen LogP contribution in [0.1, 0.15) is 46.5 Å². The maximum Gasteiger partial charge on any atom is 0.333 e. The summed E-state index contributed by atoms with van der Waals surface area (Å²) < 4.78 is 14.8. The molecule has 0 aromatic heterocycles. The molecule has 0 amide bonds. The van der Waals surface area contributed by atoms with Crippen LogP contribution in [0.5, 0.6) is 0 Å². The summed E-state index contributed by atoms with van der Waals surface area (Å²) in [6, 6.07) is -2.36. The first-order valence-electron chi connectivity index (χ1n) is 8.51. The second-order valence-corrected chi connectivity index (χ2v) is 7.51. The smallest absolute Gasteiger partial charge is 0.333 e. The molecule has 4 N–H and O–H groups in total. The molecule has 0 radical (unpaired) electrons. The van der Waals surface area contributed by atoms with Crippen LogP contribution in [-0.4, -0.2) is 49.8 Å². The number of carbonyl (C=O) groups excluding carboxylic acids is 3. The fourth-order valence-corrected chi connectivity index (χ4v) is 3.01. The third-order valence-corrected chi connectivity index (χ3v) is 4.48. The summed E-state index contributed by atoms with van der Waals surface area (Å²) in [5.41, 5.74) is 11.3. The van der Waals surface area contributed by atoms with Crippen LogP contribution in [0.3, 0.4) is 0 Å². The van der Waals surface area contributed by atoms with E-state index in [1.54, 1.807) is 0 Å². The van der Waals surface area contributed by atoms with Gasteiger partial charge in [-0.05, 0) is 24.2 Å². The molecular weight excluding hydrogens is 328 g/mol. The van der Waals surface area contributed by atoms with E-state index in [-0.39, 0.29) is 24.5 Å². The Morgan fingerprint density at radius 3 is 2.24 bits per heavy atom. The Morgan fingerprint density at radius 2 is 1.68 bits per heavy atom. The van der Waals surface area contributed by atoms with E-state index >= 15 is 0 Å². The lowest BCUT2D eigenvalue weighted by atomic mass is 9.78. The van der Waals surface area contributed by atoms with E-state index in [1.807, 2.05) is 0 Å². The number of esters is 3. The van der Waals surface area contributed by atoms with Crippen LogP contribution in [-0.2, 0) is 28.6 Å². The molecule has 0 aliphatic heterocycles. The van der Waals surface area contributed by atoms with Gasteiger partial charge < -0.3 is 25.7 Å². The first-order valence-corrected chi connectivity index (χ1v) is 8.51. The van der Waals surface area contributed by atoms with Gasteiger partial charge in [-0.1, -0.05) is 27.2 Å². The van der Waals surface area contributed by atoms with Crippen molar-refractivity contribution in [2.45, 2.75) is 64.6 Å². The number of rotatable bonds is 7. The Labute approximate surface area is 148 Å². The highest BCUT2D eigenvalue weighted by atomic mass is 16.6. The molecule has 0 aromatic rings. The van der Waals surface area contributed by atoms with E-state index in [1.165, 1.54) is 7.11 Å². The van der Waals surface area contributed by atoms with E-state index in [9.17, 15) is 14.4 Å². The quantitative estimate of drug-likeness (QED) is 0.497. The molecule has 2 unspecified atom stereocenters. The van der Waals surface area contributed by atoms with Gasteiger partial charge in [0.2, 0.25) is 0 Å². The van der Waals surface area contributed by atoms with Crippen molar-refractivity contribution < 1.29 is 28.6 Å². The first kappa shape index (κ1) is 21.5. The van der Waals surface area contributed by atoms with Crippen molar-refractivity contribution >= 4 is 17.9 Å². The van der Waals surface area contributed by atoms with Crippen LogP contribution in [0.15, 0.2) is 0 Å². The highest BCUT2D eigenvalue weighted by Gasteiger charge is 2.37. The van der Waals surface area contributed by atoms with Crippen molar-refractivity contribution in [1.82, 2.24) is 0 Å². The number of carbonyl (C=O) groups is 3. The lowest BCUT2D eigenvalue weighted by Gasteiger charge is -2.32. The van der Waals surface area contributed by atoms with Gasteiger partial charge in [0.25, 0.3) is 0 Å². The minimum Gasteiger partial charge on any atom is -0.469 e. The number of nitrogens with two attached hydrogens (primary N) is 2. The minimum absolute atomic E-state index is 0.0321. The first-order chi connectivity index (χ1) is 11.6. The Bertz CT molecular complexity index is 488. The SMILES string of the molecule is COC(=O)C[C@H](N)C(=O)OC(=O)[C@@H](N)COC1CCCC1C(C)(C)C. The fourth-order valence-electron chi connectivity index (χ4n) is 3.01. The van der Waals surface area contributed by atoms with E-state index in [0.29, 0.717) is 5.92 Å². The predicted molar refractivity (Wildman–Crippen MR) is 90.2 cm³/mol. The van der Waals surface area contributed by atoms with Crippen molar-refractivity contribution in [1.29, 1.82) is 0 Å². The average Bonchev–Trinajstić information content (AvgIpc) is 3.00. The molecule has 0 aromatic carbocycles. The normalized spacial score (nSPS) is 23.0. The van der Waals surface area contributed by atoms with Gasteiger partial charge in [0.05, 0.1) is 26.2 Å². The van der Waals surface area contributed by atoms with E-state index in [2.05, 4.69) is 30.2 Å². The molecule has 0 spiro atoms. The predicted octanol–water partition coefficient (Wildman–Crippen LogP) is 0.505. The second kappa shape index (κ2) is 9.26. The van der Waals surface area contributed by atoms with Crippen LogP contribution in [0.25, 0.3) is 0 Å². The highest BCUT2D eigenvalue weighted by Crippen LogP contribution is 2.40. The molecule has 8 nitrogen and oxygen atoms in total. The van der Waals surface area contributed by atoms with Crippen molar-refractivity contribution in [2.24, 2.45) is 22.8 Å². The van der Waals surface area contributed by atoms with Crippen LogP contribution >= 0.6 is 0 Å². The van der Waals surface area contributed by atoms with E-state index in [0.717, 1.165) is 19.3 Å². The molecule has 1 rings (SSSR count). The Balaban J connectivity index is 2.44. The number of methoxy groups -OCH3 is 1. The van der Waals surface area contributed by atoms with E-state index < -0.39 is 30.0 Å². The van der Waals surface area contributed by atoms with Gasteiger partial charge in [-0.3, -0.25) is 4.79 Å². The third-order valence-electron chi connectivity index (χ3n) is 4.48. The lowest BCUT2D eigenvalue weighted by Crippen LogP contribution is -2.43. The summed E-state index contributed by atoms with van der Waals surface area (Å²) in [5, 5.41) is 0. The molecule has 25 heavy (non-hydrogen) atoms. The molecule has 144 valence electrons. The molecule has 1 fully saturated rings. The molecular formula is C17H30N2O6. The van der Waals surface area contributed by atoms with Gasteiger partial charge in [0, 0.05) is 0 Å². The Kier molecular flexibility index (Phi) is 7.98. The van der Waals surface area contributed by atoms with Crippen LogP contribution in [0, 0.1) is 11.3 Å². The van der Waals surface area contributed by atoms with Crippen LogP contribution in [0.4, 0.5) is 0 Å². The second-order valence-electron chi connectivity index (χ2n) is 7.51. The average molecular weight is 358 g/mol. The zero-order valence-corrected chi connectivity index (χ0v) is 15.4. The minimum atomic E-state index is -1.27. The summed E-state index contributed by atoms with van der Waals surface area (Å²) in [7, 11) is 1.17. The maximum atomic E-state index is 11.9. The zero-order chi connectivity index (χ0) is 19.2. The van der Waals surface area contributed by atoms with Gasteiger partial charge in [0.1, 0.15) is 12.1 Å². The summed E-state index contributed by atoms with van der Waals surface area (Å²) in [6.07, 6.45) is 2.74. The summed E-state index contributed by atoms with van der Waals surface area (Å²) in [4.78, 5) is 34.6. The van der Waals surface area contributed by atoms with Crippen molar-refractivity contribution in [2.75, 3.05) is 13.7 Å². The van der Waals surface area contributed by atoms with Gasteiger partial charge in [-0.15, -0.1) is 0 Å². The molecule has 1 aliphatic carbocycles. The van der Waals surface area contributed by atoms with E-state index in [4.69, 9.17) is 16.2 Å². The molecule has 8 heteroatoms. The van der Waals surface area contributed by atoms with Gasteiger partial charge >= 0.3 is 17.9 Å². The molecule has 1 saturated carbocycles. The largest absolute Gasteiger partial charge is 0.469 e. The van der Waals surface area contributed by atoms with Gasteiger partial charge in [0.15, 0.2) is 0 Å². The summed E-state index contributed by atoms with van der Waals surface area (Å²) in [5.74, 6) is -2.21. The molecule has 1 aliphatic rings. The Morgan fingerprint density at radius 1 is 1.08 bits per heavy atom. The van der Waals surface area contributed by atoms with Gasteiger partial charge in [-0.2, -0.15) is 0 Å². The third kappa shape index (κ3) is 6.72. The molecule has 4 atom stereocenters. The topological polar surface area (TPSA) is 131 Å². The van der Waals surface area contributed by atoms with Crippen LogP contribution < -0.4 is 11.5 Å². The molecule has 0 bridgehead atoms. The molecule has 0 saturated heterocycles. The highest BCUT2D eigenvalue weighted by molar-refractivity contribution is 5.92. The zero-order valence-electron chi connectivity index (χ0n) is 15.4. The molecule has 0 heterocycles. The van der Waals surface area contributed by atoms with Gasteiger partial charge in [-0.25, -0.2) is 9.59 Å². The number of hydrogen-bond donors (Lipinski definition) is 2. The summed E-state index contributed by atoms with van der Waals surface area (Å²) >= 11 is 0. The fraction of sp³-hybridized carbons (Fsp3) is 0.824. The van der Waals surface area contributed by atoms with Crippen molar-refractivity contribution in [3.63, 3.8) is 0 Å².